The topological polar surface area (TPSA) is 105 Å². The number of benzene rings is 2. The molecule has 3 rings (SSSR count). The summed E-state index contributed by atoms with van der Waals surface area (Å²) in [6.45, 7) is 3.27. The van der Waals surface area contributed by atoms with Gasteiger partial charge in [0, 0.05) is 49.4 Å². The summed E-state index contributed by atoms with van der Waals surface area (Å²) in [7, 11) is 7.69. The number of nitrogens with one attached hydrogen (secondary N) is 1. The van der Waals surface area contributed by atoms with E-state index in [1.165, 1.54) is 0 Å². The lowest BCUT2D eigenvalue weighted by molar-refractivity contribution is -0.605. The quantitative estimate of drug-likeness (QED) is 0.540. The molecule has 0 unspecified atom stereocenters. The van der Waals surface area contributed by atoms with E-state index < -0.39 is 29.6 Å². The van der Waals surface area contributed by atoms with Gasteiger partial charge in [-0.3, -0.25) is 25.5 Å². The van der Waals surface area contributed by atoms with Crippen LogP contribution in [0.15, 0.2) is 48.5 Å². The van der Waals surface area contributed by atoms with Crippen molar-refractivity contribution in [2.24, 2.45) is 5.41 Å². The van der Waals surface area contributed by atoms with Gasteiger partial charge >= 0.3 is 0 Å². The molecule has 9 heteroatoms. The van der Waals surface area contributed by atoms with Crippen LogP contribution in [0.2, 0.25) is 0 Å². The van der Waals surface area contributed by atoms with Gasteiger partial charge in [-0.05, 0) is 49.2 Å². The lowest BCUT2D eigenvalue weighted by atomic mass is 9.66. The number of rotatable bonds is 6. The van der Waals surface area contributed by atoms with Gasteiger partial charge < -0.3 is 9.80 Å². The first kappa shape index (κ1) is 23.5. The van der Waals surface area contributed by atoms with Crippen molar-refractivity contribution in [1.82, 2.24) is 5.32 Å². The Hall–Kier alpha value is -3.20. The Kier molecular flexibility index (Phi) is 6.41. The number of hydrogen-bond acceptors (Lipinski definition) is 7. The first-order valence-corrected chi connectivity index (χ1v) is 10.5. The molecule has 172 valence electrons. The van der Waals surface area contributed by atoms with Gasteiger partial charge in [0.05, 0.1) is 0 Å². The van der Waals surface area contributed by atoms with E-state index in [1.54, 1.807) is 13.8 Å². The fraction of sp³-hybridized carbons (Fsp3) is 0.478. The minimum absolute atomic E-state index is 0.376. The van der Waals surface area contributed by atoms with Crippen molar-refractivity contribution in [3.63, 3.8) is 0 Å². The van der Waals surface area contributed by atoms with Crippen LogP contribution in [0.5, 0.6) is 0 Å². The molecule has 0 amide bonds. The van der Waals surface area contributed by atoms with Gasteiger partial charge in [-0.1, -0.05) is 24.3 Å². The van der Waals surface area contributed by atoms with Crippen molar-refractivity contribution >= 4 is 11.4 Å². The molecule has 0 spiro atoms. The molecule has 1 aliphatic rings. The van der Waals surface area contributed by atoms with E-state index in [1.807, 2.05) is 86.5 Å². The first-order valence-electron chi connectivity index (χ1n) is 10.5. The van der Waals surface area contributed by atoms with E-state index >= 15 is 0 Å². The molecule has 0 radical (unpaired) electrons. The standard InChI is InChI=1S/C23H31N5O4/c1-23(2)21(27(29)30)19(15-7-11-17(12-8-15)25(3)4)24-20(22(23)28(31)32)16-9-13-18(14-10-16)26(5)6/h7-14,19-22,24H,1-6H3/t19-,20-,21-,22+/m1/s1. The average Bonchev–Trinajstić information content (AvgIpc) is 2.71. The summed E-state index contributed by atoms with van der Waals surface area (Å²) in [5.41, 5.74) is 2.22. The smallest absolute Gasteiger partial charge is 0.243 e. The van der Waals surface area contributed by atoms with Gasteiger partial charge in [-0.25, -0.2) is 0 Å². The zero-order valence-corrected chi connectivity index (χ0v) is 19.4. The molecule has 9 nitrogen and oxygen atoms in total. The molecule has 4 atom stereocenters. The van der Waals surface area contributed by atoms with E-state index in [4.69, 9.17) is 0 Å². The summed E-state index contributed by atoms with van der Waals surface area (Å²) in [6, 6.07) is 11.4. The van der Waals surface area contributed by atoms with E-state index in [-0.39, 0.29) is 9.85 Å². The van der Waals surface area contributed by atoms with E-state index in [0.717, 1.165) is 22.5 Å². The second kappa shape index (κ2) is 8.74. The third-order valence-corrected chi connectivity index (χ3v) is 6.51. The number of nitrogens with zero attached hydrogens (tertiary/aromatic N) is 4. The number of nitro groups is 2. The largest absolute Gasteiger partial charge is 0.378 e. The van der Waals surface area contributed by atoms with E-state index in [0.29, 0.717) is 0 Å². The van der Waals surface area contributed by atoms with Gasteiger partial charge in [0.1, 0.15) is 17.5 Å². The maximum absolute atomic E-state index is 12.2. The fourth-order valence-corrected chi connectivity index (χ4v) is 4.71. The highest BCUT2D eigenvalue weighted by Crippen LogP contribution is 2.47. The molecule has 2 aromatic rings. The van der Waals surface area contributed by atoms with Crippen molar-refractivity contribution in [3.05, 3.63) is 79.9 Å². The van der Waals surface area contributed by atoms with Crippen molar-refractivity contribution in [3.8, 4) is 0 Å². The maximum Gasteiger partial charge on any atom is 0.243 e. The predicted octanol–water partition coefficient (Wildman–Crippen LogP) is 3.52. The molecule has 1 heterocycles. The number of piperidine rings is 1. The molecule has 0 aliphatic carbocycles. The molecule has 1 fully saturated rings. The Morgan fingerprint density at radius 3 is 1.28 bits per heavy atom. The fourth-order valence-electron chi connectivity index (χ4n) is 4.71. The lowest BCUT2D eigenvalue weighted by Gasteiger charge is -2.44. The molecule has 0 bridgehead atoms. The monoisotopic (exact) mass is 441 g/mol. The van der Waals surface area contributed by atoms with Crippen molar-refractivity contribution < 1.29 is 9.85 Å². The third-order valence-electron chi connectivity index (χ3n) is 6.51. The summed E-state index contributed by atoms with van der Waals surface area (Å²) >= 11 is 0. The van der Waals surface area contributed by atoms with Crippen molar-refractivity contribution in [1.29, 1.82) is 0 Å². The van der Waals surface area contributed by atoms with Crippen LogP contribution in [0, 0.1) is 25.6 Å². The second-order valence-electron chi connectivity index (χ2n) is 9.38. The molecule has 1 N–H and O–H groups in total. The van der Waals surface area contributed by atoms with Crippen LogP contribution in [0.3, 0.4) is 0 Å². The van der Waals surface area contributed by atoms with Crippen LogP contribution < -0.4 is 15.1 Å². The van der Waals surface area contributed by atoms with E-state index in [2.05, 4.69) is 5.32 Å². The summed E-state index contributed by atoms with van der Waals surface area (Å²) in [5, 5.41) is 27.7. The zero-order chi connectivity index (χ0) is 23.8. The average molecular weight is 442 g/mol. The Morgan fingerprint density at radius 2 is 1.03 bits per heavy atom. The van der Waals surface area contributed by atoms with Crippen LogP contribution >= 0.6 is 0 Å². The Morgan fingerprint density at radius 1 is 0.719 bits per heavy atom. The second-order valence-corrected chi connectivity index (χ2v) is 9.38. The van der Waals surface area contributed by atoms with Gasteiger partial charge in [-0.15, -0.1) is 0 Å². The van der Waals surface area contributed by atoms with Gasteiger partial charge in [-0.2, -0.15) is 0 Å². The zero-order valence-electron chi connectivity index (χ0n) is 19.4. The minimum Gasteiger partial charge on any atom is -0.378 e. The van der Waals surface area contributed by atoms with Crippen LogP contribution in [0.25, 0.3) is 0 Å². The Bertz CT molecular complexity index is 895. The first-order chi connectivity index (χ1) is 14.9. The molecule has 0 aromatic heterocycles. The SMILES string of the molecule is CN(C)c1ccc([C@H]2N[C@H](c3ccc(N(C)C)cc3)[C@@H]([N+](=O)[O-])C(C)(C)[C@H]2[N+](=O)[O-])cc1. The highest BCUT2D eigenvalue weighted by atomic mass is 16.6. The molecule has 1 saturated heterocycles. The predicted molar refractivity (Wildman–Crippen MR) is 126 cm³/mol. The summed E-state index contributed by atoms with van der Waals surface area (Å²) in [5.74, 6) is 0. The molecule has 1 aliphatic heterocycles. The van der Waals surface area contributed by atoms with E-state index in [9.17, 15) is 20.2 Å². The van der Waals surface area contributed by atoms with Gasteiger partial charge in [0.25, 0.3) is 0 Å². The van der Waals surface area contributed by atoms with Crippen LogP contribution in [-0.2, 0) is 0 Å². The van der Waals surface area contributed by atoms with Crippen LogP contribution in [-0.4, -0.2) is 50.1 Å². The van der Waals surface area contributed by atoms with Crippen molar-refractivity contribution in [2.75, 3.05) is 38.0 Å². The Balaban J connectivity index is 2.10. The number of anilines is 2. The molecular formula is C23H31N5O4. The highest BCUT2D eigenvalue weighted by molar-refractivity contribution is 5.48. The Labute approximate surface area is 188 Å². The molecule has 0 saturated carbocycles. The summed E-state index contributed by atoms with van der Waals surface area (Å²) in [6.07, 6.45) is 0. The van der Waals surface area contributed by atoms with Gasteiger partial charge in [0.2, 0.25) is 12.1 Å². The van der Waals surface area contributed by atoms with Crippen LogP contribution in [0.1, 0.15) is 37.1 Å². The third kappa shape index (κ3) is 4.25. The van der Waals surface area contributed by atoms with Crippen LogP contribution in [0.4, 0.5) is 11.4 Å². The molecular weight excluding hydrogens is 410 g/mol. The van der Waals surface area contributed by atoms with Crippen molar-refractivity contribution in [2.45, 2.75) is 38.0 Å². The molecule has 32 heavy (non-hydrogen) atoms. The minimum atomic E-state index is -1.20. The lowest BCUT2D eigenvalue weighted by Crippen LogP contribution is -2.63. The normalized spacial score (nSPS) is 24.6. The maximum atomic E-state index is 12.2. The summed E-state index contributed by atoms with van der Waals surface area (Å²) < 4.78 is 0. The highest BCUT2D eigenvalue weighted by Gasteiger charge is 2.62. The van der Waals surface area contributed by atoms with Gasteiger partial charge in [0.15, 0.2) is 0 Å². The number of hydrogen-bond donors (Lipinski definition) is 1. The summed E-state index contributed by atoms with van der Waals surface area (Å²) in [4.78, 5) is 27.5. The molecule has 2 aromatic carbocycles.